The minimum Gasteiger partial charge on any atom is -0.465 e. The summed E-state index contributed by atoms with van der Waals surface area (Å²) in [4.78, 5) is 24.5. The van der Waals surface area contributed by atoms with Crippen molar-refractivity contribution in [1.82, 2.24) is 15.5 Å². The third-order valence-electron chi connectivity index (χ3n) is 2.43. The van der Waals surface area contributed by atoms with Crippen LogP contribution in [0.5, 0.6) is 0 Å². The minimum atomic E-state index is -0.416. The highest BCUT2D eigenvalue weighted by Crippen LogP contribution is 2.05. The summed E-state index contributed by atoms with van der Waals surface area (Å²) in [6.07, 6.45) is 0.948. The Morgan fingerprint density at radius 2 is 2.25 bits per heavy atom. The summed E-state index contributed by atoms with van der Waals surface area (Å²) >= 11 is 0. The maximum atomic E-state index is 11.4. The summed E-state index contributed by atoms with van der Waals surface area (Å²) in [5.41, 5.74) is 0. The van der Waals surface area contributed by atoms with Crippen molar-refractivity contribution in [2.75, 3.05) is 33.3 Å². The molecule has 1 saturated heterocycles. The van der Waals surface area contributed by atoms with Crippen molar-refractivity contribution in [3.05, 3.63) is 0 Å². The quantitative estimate of drug-likeness (QED) is 0.641. The maximum absolute atomic E-state index is 11.4. The summed E-state index contributed by atoms with van der Waals surface area (Å²) in [5.74, 6) is -0.416. The van der Waals surface area contributed by atoms with Crippen LogP contribution in [0.25, 0.3) is 0 Å². The van der Waals surface area contributed by atoms with E-state index in [1.54, 1.807) is 6.92 Å². The van der Waals surface area contributed by atoms with E-state index in [2.05, 4.69) is 20.3 Å². The van der Waals surface area contributed by atoms with Crippen LogP contribution in [0.3, 0.4) is 0 Å². The molecule has 6 heteroatoms. The normalized spacial score (nSPS) is 20.5. The van der Waals surface area contributed by atoms with E-state index in [0.29, 0.717) is 6.61 Å². The number of amides is 2. The zero-order chi connectivity index (χ0) is 12.0. The first-order valence-electron chi connectivity index (χ1n) is 5.50. The van der Waals surface area contributed by atoms with Gasteiger partial charge in [0.2, 0.25) is 0 Å². The minimum absolute atomic E-state index is 0.0811. The summed E-state index contributed by atoms with van der Waals surface area (Å²) in [5, 5.41) is 5.27. The molecular weight excluding hydrogens is 210 g/mol. The number of likely N-dealkylation sites (tertiary alicyclic amines) is 1. The zero-order valence-corrected chi connectivity index (χ0v) is 9.78. The Balaban J connectivity index is 2.13. The van der Waals surface area contributed by atoms with Crippen LogP contribution in [0.15, 0.2) is 0 Å². The molecule has 2 amide bonds. The molecule has 16 heavy (non-hydrogen) atoms. The Hall–Kier alpha value is -1.30. The molecule has 0 aromatic rings. The van der Waals surface area contributed by atoms with Crippen molar-refractivity contribution < 1.29 is 14.3 Å². The lowest BCUT2D eigenvalue weighted by molar-refractivity contribution is -0.141. The molecule has 0 spiro atoms. The maximum Gasteiger partial charge on any atom is 0.325 e. The Morgan fingerprint density at radius 1 is 1.50 bits per heavy atom. The molecular formula is C10H19N3O3. The molecule has 0 bridgehead atoms. The SMILES string of the molecule is CCOC(=O)CNC(=O)N[C@@H]1CCN(C)C1. The number of carbonyl (C=O) groups excluding carboxylic acids is 2. The molecule has 1 aliphatic heterocycles. The number of esters is 1. The lowest BCUT2D eigenvalue weighted by Gasteiger charge is -2.13. The van der Waals surface area contributed by atoms with Crippen molar-refractivity contribution >= 4 is 12.0 Å². The molecule has 0 unspecified atom stereocenters. The third-order valence-corrected chi connectivity index (χ3v) is 2.43. The van der Waals surface area contributed by atoms with Gasteiger partial charge in [0.25, 0.3) is 0 Å². The van der Waals surface area contributed by atoms with Crippen LogP contribution in [0.4, 0.5) is 4.79 Å². The lowest BCUT2D eigenvalue weighted by Crippen LogP contribution is -2.44. The highest BCUT2D eigenvalue weighted by molar-refractivity contribution is 5.80. The van der Waals surface area contributed by atoms with Crippen LogP contribution in [-0.2, 0) is 9.53 Å². The van der Waals surface area contributed by atoms with E-state index < -0.39 is 5.97 Å². The number of carbonyl (C=O) groups is 2. The standard InChI is InChI=1S/C10H19N3O3/c1-3-16-9(14)6-11-10(15)12-8-4-5-13(2)7-8/h8H,3-7H2,1-2H3,(H2,11,12,15)/t8-/m1/s1. The van der Waals surface area contributed by atoms with E-state index in [-0.39, 0.29) is 18.6 Å². The predicted octanol–water partition coefficient (Wildman–Crippen LogP) is -0.447. The van der Waals surface area contributed by atoms with Crippen molar-refractivity contribution in [1.29, 1.82) is 0 Å². The Kier molecular flexibility index (Phi) is 5.04. The molecule has 6 nitrogen and oxygen atoms in total. The van der Waals surface area contributed by atoms with Crippen LogP contribution in [0, 0.1) is 0 Å². The average molecular weight is 229 g/mol. The van der Waals surface area contributed by atoms with Crippen molar-refractivity contribution in [2.24, 2.45) is 0 Å². The molecule has 0 aliphatic carbocycles. The van der Waals surface area contributed by atoms with Gasteiger partial charge in [0.1, 0.15) is 6.54 Å². The van der Waals surface area contributed by atoms with E-state index in [1.807, 2.05) is 7.05 Å². The summed E-state index contributed by atoms with van der Waals surface area (Å²) in [6.45, 7) is 3.82. The predicted molar refractivity (Wildman–Crippen MR) is 59.1 cm³/mol. The largest absolute Gasteiger partial charge is 0.465 e. The van der Waals surface area contributed by atoms with Crippen molar-refractivity contribution in [2.45, 2.75) is 19.4 Å². The fourth-order valence-electron chi connectivity index (χ4n) is 1.65. The van der Waals surface area contributed by atoms with Crippen LogP contribution in [-0.4, -0.2) is 56.2 Å². The molecule has 0 aromatic carbocycles. The molecule has 1 fully saturated rings. The molecule has 1 heterocycles. The van der Waals surface area contributed by atoms with Gasteiger partial charge in [0.05, 0.1) is 6.61 Å². The number of urea groups is 1. The van der Waals surface area contributed by atoms with E-state index in [4.69, 9.17) is 0 Å². The van der Waals surface area contributed by atoms with Crippen LogP contribution >= 0.6 is 0 Å². The van der Waals surface area contributed by atoms with E-state index in [1.165, 1.54) is 0 Å². The smallest absolute Gasteiger partial charge is 0.325 e. The lowest BCUT2D eigenvalue weighted by atomic mass is 10.3. The highest BCUT2D eigenvalue weighted by atomic mass is 16.5. The fourth-order valence-corrected chi connectivity index (χ4v) is 1.65. The zero-order valence-electron chi connectivity index (χ0n) is 9.78. The molecule has 0 radical (unpaired) electrons. The molecule has 1 aliphatic rings. The van der Waals surface area contributed by atoms with Crippen LogP contribution < -0.4 is 10.6 Å². The number of nitrogens with one attached hydrogen (secondary N) is 2. The van der Waals surface area contributed by atoms with E-state index in [9.17, 15) is 9.59 Å². The highest BCUT2D eigenvalue weighted by Gasteiger charge is 2.20. The van der Waals surface area contributed by atoms with Gasteiger partial charge in [0, 0.05) is 12.6 Å². The van der Waals surface area contributed by atoms with Crippen molar-refractivity contribution in [3.8, 4) is 0 Å². The monoisotopic (exact) mass is 229 g/mol. The Morgan fingerprint density at radius 3 is 2.81 bits per heavy atom. The van der Waals surface area contributed by atoms with Gasteiger partial charge in [-0.25, -0.2) is 4.79 Å². The van der Waals surface area contributed by atoms with Gasteiger partial charge in [-0.2, -0.15) is 0 Å². The molecule has 2 N–H and O–H groups in total. The van der Waals surface area contributed by atoms with Gasteiger partial charge in [0.15, 0.2) is 0 Å². The van der Waals surface area contributed by atoms with E-state index in [0.717, 1.165) is 19.5 Å². The number of hydrogen-bond donors (Lipinski definition) is 2. The van der Waals surface area contributed by atoms with Crippen molar-refractivity contribution in [3.63, 3.8) is 0 Å². The topological polar surface area (TPSA) is 70.7 Å². The fraction of sp³-hybridized carbons (Fsp3) is 0.800. The first-order valence-corrected chi connectivity index (χ1v) is 5.50. The molecule has 92 valence electrons. The van der Waals surface area contributed by atoms with Gasteiger partial charge in [-0.05, 0) is 26.9 Å². The van der Waals surface area contributed by atoms with Gasteiger partial charge < -0.3 is 20.3 Å². The molecule has 0 aromatic heterocycles. The number of likely N-dealkylation sites (N-methyl/N-ethyl adjacent to an activating group) is 1. The Labute approximate surface area is 95.3 Å². The average Bonchev–Trinajstić information content (AvgIpc) is 2.61. The van der Waals surface area contributed by atoms with Crippen LogP contribution in [0.2, 0.25) is 0 Å². The second-order valence-corrected chi connectivity index (χ2v) is 3.88. The number of hydrogen-bond acceptors (Lipinski definition) is 4. The molecule has 1 rings (SSSR count). The summed E-state index contributed by atoms with van der Waals surface area (Å²) < 4.78 is 4.69. The summed E-state index contributed by atoms with van der Waals surface area (Å²) in [7, 11) is 2.01. The van der Waals surface area contributed by atoms with E-state index >= 15 is 0 Å². The van der Waals surface area contributed by atoms with Gasteiger partial charge in [-0.15, -0.1) is 0 Å². The number of nitrogens with zero attached hydrogens (tertiary/aromatic N) is 1. The van der Waals surface area contributed by atoms with Crippen LogP contribution in [0.1, 0.15) is 13.3 Å². The number of rotatable bonds is 4. The third kappa shape index (κ3) is 4.48. The van der Waals surface area contributed by atoms with Gasteiger partial charge in [-0.1, -0.05) is 0 Å². The van der Waals surface area contributed by atoms with Gasteiger partial charge in [-0.3, -0.25) is 4.79 Å². The Bertz CT molecular complexity index is 258. The number of ether oxygens (including phenoxy) is 1. The molecule has 1 atom stereocenters. The summed E-state index contributed by atoms with van der Waals surface area (Å²) in [6, 6.07) is -0.138. The second-order valence-electron chi connectivity index (χ2n) is 3.88. The molecule has 0 saturated carbocycles. The first kappa shape index (κ1) is 12.8. The second kappa shape index (κ2) is 6.32. The van der Waals surface area contributed by atoms with Gasteiger partial charge >= 0.3 is 12.0 Å². The first-order chi connectivity index (χ1) is 7.61.